The maximum absolute atomic E-state index is 11.8. The number of amides is 1. The Balaban J connectivity index is 1.93. The van der Waals surface area contributed by atoms with Crippen LogP contribution in [0, 0.1) is 0 Å². The smallest absolute Gasteiger partial charge is 0.335 e. The van der Waals surface area contributed by atoms with Crippen LogP contribution in [0.5, 0.6) is 5.75 Å². The second-order valence-electron chi connectivity index (χ2n) is 4.40. The molecule has 6 heteroatoms. The van der Waals surface area contributed by atoms with E-state index in [9.17, 15) is 14.7 Å². The largest absolute Gasteiger partial charge is 0.505 e. The second kappa shape index (κ2) is 6.51. The number of carboxylic acid groups (broad SMARTS) is 1. The summed E-state index contributed by atoms with van der Waals surface area (Å²) in [6, 6.07) is 7.96. The number of carbonyl (C=O) groups excluding carboxylic acids is 1. The number of aromatic hydroxyl groups is 1. The number of hydrogen-bond acceptors (Lipinski definition) is 4. The van der Waals surface area contributed by atoms with E-state index in [4.69, 9.17) is 5.11 Å². The van der Waals surface area contributed by atoms with Gasteiger partial charge in [-0.2, -0.15) is 0 Å². The van der Waals surface area contributed by atoms with Crippen molar-refractivity contribution >= 4 is 11.9 Å². The maximum atomic E-state index is 11.8. The molecule has 1 aromatic carbocycles. The Hall–Kier alpha value is -2.89. The molecule has 0 bridgehead atoms. The Kier molecular flexibility index (Phi) is 4.50. The summed E-state index contributed by atoms with van der Waals surface area (Å²) in [7, 11) is 0. The molecule has 0 radical (unpaired) electrons. The quantitative estimate of drug-likeness (QED) is 0.772. The fraction of sp³-hybridized carbons (Fsp3) is 0.133. The first kappa shape index (κ1) is 14.5. The average Bonchev–Trinajstić information content (AvgIpc) is 2.48. The normalized spacial score (nSPS) is 10.1. The predicted octanol–water partition coefficient (Wildman–Crippen LogP) is 1.46. The van der Waals surface area contributed by atoms with Crippen molar-refractivity contribution in [2.75, 3.05) is 6.54 Å². The summed E-state index contributed by atoms with van der Waals surface area (Å²) in [6.45, 7) is 0.337. The zero-order valence-electron chi connectivity index (χ0n) is 11.1. The van der Waals surface area contributed by atoms with Crippen LogP contribution in [-0.4, -0.2) is 33.6 Å². The second-order valence-corrected chi connectivity index (χ2v) is 4.40. The van der Waals surface area contributed by atoms with Gasteiger partial charge in [-0.05, 0) is 30.2 Å². The summed E-state index contributed by atoms with van der Waals surface area (Å²) >= 11 is 0. The highest BCUT2D eigenvalue weighted by Gasteiger charge is 2.10. The van der Waals surface area contributed by atoms with Crippen molar-refractivity contribution in [2.24, 2.45) is 0 Å². The fourth-order valence-corrected chi connectivity index (χ4v) is 1.85. The summed E-state index contributed by atoms with van der Waals surface area (Å²) in [4.78, 5) is 26.4. The molecule has 1 aromatic heterocycles. The number of nitrogens with one attached hydrogen (secondary N) is 1. The van der Waals surface area contributed by atoms with Crippen molar-refractivity contribution in [3.63, 3.8) is 0 Å². The molecule has 1 heterocycles. The lowest BCUT2D eigenvalue weighted by atomic mass is 10.1. The van der Waals surface area contributed by atoms with E-state index in [1.165, 1.54) is 24.5 Å². The summed E-state index contributed by atoms with van der Waals surface area (Å²) in [5.41, 5.74) is 1.18. The molecule has 0 spiro atoms. The first-order chi connectivity index (χ1) is 10.1. The minimum absolute atomic E-state index is 0.157. The number of hydrogen-bond donors (Lipinski definition) is 3. The molecule has 0 saturated heterocycles. The van der Waals surface area contributed by atoms with Crippen LogP contribution in [0.4, 0.5) is 0 Å². The minimum atomic E-state index is -0.984. The van der Waals surface area contributed by atoms with Gasteiger partial charge in [0.1, 0.15) is 5.75 Å². The lowest BCUT2D eigenvalue weighted by Gasteiger charge is -2.07. The van der Waals surface area contributed by atoms with Gasteiger partial charge < -0.3 is 15.5 Å². The third-order valence-electron chi connectivity index (χ3n) is 2.92. The van der Waals surface area contributed by atoms with Gasteiger partial charge in [-0.15, -0.1) is 0 Å². The maximum Gasteiger partial charge on any atom is 0.335 e. The number of aromatic carboxylic acids is 1. The highest BCUT2D eigenvalue weighted by atomic mass is 16.4. The Bertz CT molecular complexity index is 670. The molecule has 0 fully saturated rings. The zero-order valence-corrected chi connectivity index (χ0v) is 11.1. The summed E-state index contributed by atoms with van der Waals surface area (Å²) in [5, 5.41) is 21.1. The van der Waals surface area contributed by atoms with Crippen molar-refractivity contribution < 1.29 is 19.8 Å². The Morgan fingerprint density at radius 1 is 1.24 bits per heavy atom. The van der Waals surface area contributed by atoms with Gasteiger partial charge in [0.2, 0.25) is 0 Å². The summed E-state index contributed by atoms with van der Waals surface area (Å²) < 4.78 is 0. The van der Waals surface area contributed by atoms with E-state index in [-0.39, 0.29) is 16.9 Å². The molecule has 0 saturated carbocycles. The SMILES string of the molecule is O=C(O)c1cccc(CCNC(=O)c2ccncc2O)c1. The number of carbonyl (C=O) groups is 2. The van der Waals surface area contributed by atoms with Crippen molar-refractivity contribution in [3.05, 3.63) is 59.4 Å². The fourth-order valence-electron chi connectivity index (χ4n) is 1.85. The number of benzene rings is 1. The van der Waals surface area contributed by atoms with E-state index in [0.717, 1.165) is 5.56 Å². The van der Waals surface area contributed by atoms with Gasteiger partial charge in [0.05, 0.1) is 17.3 Å². The monoisotopic (exact) mass is 286 g/mol. The third-order valence-corrected chi connectivity index (χ3v) is 2.92. The minimum Gasteiger partial charge on any atom is -0.505 e. The van der Waals surface area contributed by atoms with E-state index in [1.54, 1.807) is 18.2 Å². The Morgan fingerprint density at radius 2 is 2.05 bits per heavy atom. The first-order valence-corrected chi connectivity index (χ1v) is 6.31. The molecule has 0 aliphatic heterocycles. The van der Waals surface area contributed by atoms with Crippen molar-refractivity contribution in [2.45, 2.75) is 6.42 Å². The van der Waals surface area contributed by atoms with Crippen LogP contribution >= 0.6 is 0 Å². The molecule has 3 N–H and O–H groups in total. The molecular formula is C15H14N2O4. The van der Waals surface area contributed by atoms with Crippen LogP contribution in [-0.2, 0) is 6.42 Å². The van der Waals surface area contributed by atoms with Crippen LogP contribution in [0.15, 0.2) is 42.7 Å². The molecule has 108 valence electrons. The van der Waals surface area contributed by atoms with E-state index in [1.807, 2.05) is 0 Å². The van der Waals surface area contributed by atoms with E-state index < -0.39 is 11.9 Å². The highest BCUT2D eigenvalue weighted by Crippen LogP contribution is 2.13. The molecule has 2 rings (SSSR count). The Morgan fingerprint density at radius 3 is 2.76 bits per heavy atom. The van der Waals surface area contributed by atoms with Crippen molar-refractivity contribution in [1.29, 1.82) is 0 Å². The molecular weight excluding hydrogens is 272 g/mol. The van der Waals surface area contributed by atoms with Gasteiger partial charge >= 0.3 is 5.97 Å². The number of aromatic nitrogens is 1. The zero-order chi connectivity index (χ0) is 15.2. The van der Waals surface area contributed by atoms with Gasteiger partial charge in [0.15, 0.2) is 0 Å². The third kappa shape index (κ3) is 3.79. The standard InChI is InChI=1S/C15H14N2O4/c18-13-9-16-6-5-12(13)14(19)17-7-4-10-2-1-3-11(8-10)15(20)21/h1-3,5-6,8-9,18H,4,7H2,(H,17,19)(H,20,21). The van der Waals surface area contributed by atoms with Gasteiger partial charge in [0.25, 0.3) is 5.91 Å². The topological polar surface area (TPSA) is 99.5 Å². The molecule has 21 heavy (non-hydrogen) atoms. The van der Waals surface area contributed by atoms with Crippen LogP contribution in [0.25, 0.3) is 0 Å². The molecule has 1 amide bonds. The van der Waals surface area contributed by atoms with Crippen LogP contribution in [0.1, 0.15) is 26.3 Å². The molecule has 2 aromatic rings. The van der Waals surface area contributed by atoms with Gasteiger partial charge in [-0.1, -0.05) is 12.1 Å². The molecule has 0 unspecified atom stereocenters. The van der Waals surface area contributed by atoms with Crippen LogP contribution in [0.3, 0.4) is 0 Å². The summed E-state index contributed by atoms with van der Waals surface area (Å²) in [5.74, 6) is -1.56. The van der Waals surface area contributed by atoms with Crippen LogP contribution in [0.2, 0.25) is 0 Å². The van der Waals surface area contributed by atoms with Gasteiger partial charge in [0, 0.05) is 12.7 Å². The van der Waals surface area contributed by atoms with E-state index >= 15 is 0 Å². The Labute approximate surface area is 121 Å². The van der Waals surface area contributed by atoms with Gasteiger partial charge in [-0.3, -0.25) is 9.78 Å². The number of pyridine rings is 1. The summed E-state index contributed by atoms with van der Waals surface area (Å²) in [6.07, 6.45) is 3.12. The number of nitrogens with zero attached hydrogens (tertiary/aromatic N) is 1. The van der Waals surface area contributed by atoms with E-state index in [0.29, 0.717) is 13.0 Å². The van der Waals surface area contributed by atoms with Crippen LogP contribution < -0.4 is 5.32 Å². The van der Waals surface area contributed by atoms with E-state index in [2.05, 4.69) is 10.3 Å². The molecule has 0 aliphatic carbocycles. The predicted molar refractivity (Wildman–Crippen MR) is 75.3 cm³/mol. The molecule has 0 atom stereocenters. The highest BCUT2D eigenvalue weighted by molar-refractivity contribution is 5.96. The molecule has 0 aliphatic rings. The van der Waals surface area contributed by atoms with Gasteiger partial charge in [-0.25, -0.2) is 4.79 Å². The molecule has 6 nitrogen and oxygen atoms in total. The lowest BCUT2D eigenvalue weighted by molar-refractivity contribution is 0.0696. The first-order valence-electron chi connectivity index (χ1n) is 6.31. The lowest BCUT2D eigenvalue weighted by Crippen LogP contribution is -2.25. The van der Waals surface area contributed by atoms with Crippen molar-refractivity contribution in [3.8, 4) is 5.75 Å². The van der Waals surface area contributed by atoms with Crippen molar-refractivity contribution in [1.82, 2.24) is 10.3 Å². The number of carboxylic acids is 1. The average molecular weight is 286 g/mol. The number of rotatable bonds is 5.